The SMILES string of the molecule is CCCc1nnc(NC(=O)CN(C)c2ccc(Cl)cc2)s1. The minimum Gasteiger partial charge on any atom is -0.365 e. The van der Waals surface area contributed by atoms with Gasteiger partial charge in [0.2, 0.25) is 11.0 Å². The number of carbonyl (C=O) groups excluding carboxylic acids is 1. The van der Waals surface area contributed by atoms with E-state index in [1.54, 1.807) is 12.1 Å². The molecule has 0 unspecified atom stereocenters. The van der Waals surface area contributed by atoms with Gasteiger partial charge < -0.3 is 4.90 Å². The van der Waals surface area contributed by atoms with E-state index >= 15 is 0 Å². The van der Waals surface area contributed by atoms with Crippen LogP contribution in [0.4, 0.5) is 10.8 Å². The summed E-state index contributed by atoms with van der Waals surface area (Å²) in [4.78, 5) is 13.8. The zero-order valence-corrected chi connectivity index (χ0v) is 13.5. The van der Waals surface area contributed by atoms with Gasteiger partial charge in [-0.1, -0.05) is 29.9 Å². The lowest BCUT2D eigenvalue weighted by molar-refractivity contribution is -0.114. The maximum absolute atomic E-state index is 12.0. The van der Waals surface area contributed by atoms with Crippen LogP contribution in [-0.2, 0) is 11.2 Å². The number of amides is 1. The van der Waals surface area contributed by atoms with Crippen LogP contribution in [0.15, 0.2) is 24.3 Å². The number of nitrogens with one attached hydrogen (secondary N) is 1. The highest BCUT2D eigenvalue weighted by atomic mass is 35.5. The number of likely N-dealkylation sites (N-methyl/N-ethyl adjacent to an activating group) is 1. The number of aromatic nitrogens is 2. The largest absolute Gasteiger partial charge is 0.365 e. The van der Waals surface area contributed by atoms with Gasteiger partial charge in [0, 0.05) is 24.2 Å². The van der Waals surface area contributed by atoms with Crippen molar-refractivity contribution in [3.8, 4) is 0 Å². The first-order valence-corrected chi connectivity index (χ1v) is 7.87. The summed E-state index contributed by atoms with van der Waals surface area (Å²) in [6.45, 7) is 2.32. The topological polar surface area (TPSA) is 58.1 Å². The van der Waals surface area contributed by atoms with Crippen LogP contribution in [0, 0.1) is 0 Å². The van der Waals surface area contributed by atoms with Crippen LogP contribution in [0.5, 0.6) is 0 Å². The Labute approximate surface area is 133 Å². The summed E-state index contributed by atoms with van der Waals surface area (Å²) in [5.74, 6) is -0.119. The van der Waals surface area contributed by atoms with Crippen LogP contribution in [0.2, 0.25) is 5.02 Å². The number of carbonyl (C=O) groups is 1. The van der Waals surface area contributed by atoms with Crippen LogP contribution in [0.3, 0.4) is 0 Å². The zero-order chi connectivity index (χ0) is 15.2. The standard InChI is InChI=1S/C14H17ClN4OS/c1-3-4-13-17-18-14(21-13)16-12(20)9-19(2)11-7-5-10(15)6-8-11/h5-8H,3-4,9H2,1-2H3,(H,16,18,20). The zero-order valence-electron chi connectivity index (χ0n) is 12.0. The van der Waals surface area contributed by atoms with Crippen molar-refractivity contribution in [1.29, 1.82) is 0 Å². The van der Waals surface area contributed by atoms with E-state index in [-0.39, 0.29) is 12.5 Å². The van der Waals surface area contributed by atoms with Gasteiger partial charge in [0.05, 0.1) is 6.54 Å². The summed E-state index contributed by atoms with van der Waals surface area (Å²) >= 11 is 7.27. The summed E-state index contributed by atoms with van der Waals surface area (Å²) < 4.78 is 0. The van der Waals surface area contributed by atoms with Crippen molar-refractivity contribution < 1.29 is 4.79 Å². The number of halogens is 1. The molecule has 1 aromatic heterocycles. The van der Waals surface area contributed by atoms with Gasteiger partial charge in [0.25, 0.3) is 0 Å². The molecule has 0 atom stereocenters. The Balaban J connectivity index is 1.89. The summed E-state index contributed by atoms with van der Waals surface area (Å²) in [6.07, 6.45) is 1.90. The van der Waals surface area contributed by atoms with Crippen molar-refractivity contribution in [1.82, 2.24) is 10.2 Å². The Morgan fingerprint density at radius 3 is 2.71 bits per heavy atom. The molecule has 5 nitrogen and oxygen atoms in total. The van der Waals surface area contributed by atoms with E-state index in [0.29, 0.717) is 10.2 Å². The monoisotopic (exact) mass is 324 g/mol. The molecule has 0 aliphatic rings. The van der Waals surface area contributed by atoms with Gasteiger partial charge in [0.15, 0.2) is 0 Å². The minimum absolute atomic E-state index is 0.119. The van der Waals surface area contributed by atoms with Crippen LogP contribution in [0.1, 0.15) is 18.4 Å². The number of nitrogens with zero attached hydrogens (tertiary/aromatic N) is 3. The van der Waals surface area contributed by atoms with Gasteiger partial charge in [-0.3, -0.25) is 10.1 Å². The summed E-state index contributed by atoms with van der Waals surface area (Å²) in [7, 11) is 1.85. The molecule has 0 aliphatic carbocycles. The molecule has 1 N–H and O–H groups in total. The highest BCUT2D eigenvalue weighted by Crippen LogP contribution is 2.18. The molecule has 0 saturated carbocycles. The maximum Gasteiger partial charge on any atom is 0.245 e. The third-order valence-corrected chi connectivity index (χ3v) is 3.98. The van der Waals surface area contributed by atoms with Crippen molar-refractivity contribution in [2.75, 3.05) is 23.8 Å². The Hall–Kier alpha value is -1.66. The highest BCUT2D eigenvalue weighted by molar-refractivity contribution is 7.15. The molecule has 0 radical (unpaired) electrons. The Morgan fingerprint density at radius 1 is 1.33 bits per heavy atom. The van der Waals surface area contributed by atoms with Crippen molar-refractivity contribution in [3.63, 3.8) is 0 Å². The Morgan fingerprint density at radius 2 is 2.05 bits per heavy atom. The van der Waals surface area contributed by atoms with E-state index in [2.05, 4.69) is 22.4 Å². The van der Waals surface area contributed by atoms with E-state index in [4.69, 9.17) is 11.6 Å². The third-order valence-electron chi connectivity index (χ3n) is 2.83. The molecule has 1 aromatic carbocycles. The second-order valence-electron chi connectivity index (χ2n) is 4.63. The summed E-state index contributed by atoms with van der Waals surface area (Å²) in [6, 6.07) is 7.35. The molecule has 21 heavy (non-hydrogen) atoms. The lowest BCUT2D eigenvalue weighted by atomic mass is 10.3. The molecule has 0 spiro atoms. The van der Waals surface area contributed by atoms with Gasteiger partial charge in [0.1, 0.15) is 5.01 Å². The molecule has 7 heteroatoms. The predicted molar refractivity (Wildman–Crippen MR) is 87.3 cm³/mol. The van der Waals surface area contributed by atoms with Crippen molar-refractivity contribution in [3.05, 3.63) is 34.3 Å². The molecule has 2 rings (SSSR count). The average Bonchev–Trinajstić information content (AvgIpc) is 2.87. The molecule has 1 amide bonds. The predicted octanol–water partition coefficient (Wildman–Crippen LogP) is 3.22. The number of anilines is 2. The number of benzene rings is 1. The molecule has 1 heterocycles. The normalized spacial score (nSPS) is 10.4. The van der Waals surface area contributed by atoms with Gasteiger partial charge in [-0.05, 0) is 30.7 Å². The van der Waals surface area contributed by atoms with E-state index < -0.39 is 0 Å². The molecular weight excluding hydrogens is 308 g/mol. The second-order valence-corrected chi connectivity index (χ2v) is 6.13. The van der Waals surface area contributed by atoms with Crippen LogP contribution >= 0.6 is 22.9 Å². The van der Waals surface area contributed by atoms with Gasteiger partial charge in [-0.15, -0.1) is 10.2 Å². The highest BCUT2D eigenvalue weighted by Gasteiger charge is 2.10. The molecule has 0 aliphatic heterocycles. The summed E-state index contributed by atoms with van der Waals surface area (Å²) in [5.41, 5.74) is 0.929. The van der Waals surface area contributed by atoms with Crippen LogP contribution in [-0.4, -0.2) is 29.7 Å². The second kappa shape index (κ2) is 7.38. The minimum atomic E-state index is -0.119. The lowest BCUT2D eigenvalue weighted by Crippen LogP contribution is -2.29. The molecule has 112 valence electrons. The van der Waals surface area contributed by atoms with E-state index in [9.17, 15) is 4.79 Å². The fourth-order valence-electron chi connectivity index (χ4n) is 1.78. The fraction of sp³-hybridized carbons (Fsp3) is 0.357. The molecule has 2 aromatic rings. The third kappa shape index (κ3) is 4.68. The van der Waals surface area contributed by atoms with Crippen LogP contribution in [0.25, 0.3) is 0 Å². The van der Waals surface area contributed by atoms with Crippen molar-refractivity contribution >= 4 is 39.7 Å². The molecule has 0 bridgehead atoms. The van der Waals surface area contributed by atoms with E-state index in [0.717, 1.165) is 23.5 Å². The van der Waals surface area contributed by atoms with Gasteiger partial charge in [-0.25, -0.2) is 0 Å². The first-order valence-electron chi connectivity index (χ1n) is 6.67. The van der Waals surface area contributed by atoms with Crippen molar-refractivity contribution in [2.24, 2.45) is 0 Å². The van der Waals surface area contributed by atoms with Crippen molar-refractivity contribution in [2.45, 2.75) is 19.8 Å². The Kier molecular flexibility index (Phi) is 5.52. The Bertz CT molecular complexity index is 599. The quantitative estimate of drug-likeness (QED) is 0.886. The first kappa shape index (κ1) is 15.7. The lowest BCUT2D eigenvalue weighted by Gasteiger charge is -2.18. The maximum atomic E-state index is 12.0. The number of hydrogen-bond donors (Lipinski definition) is 1. The molecule has 0 fully saturated rings. The van der Waals surface area contributed by atoms with E-state index in [1.807, 2.05) is 24.1 Å². The van der Waals surface area contributed by atoms with Crippen LogP contribution < -0.4 is 10.2 Å². The van der Waals surface area contributed by atoms with Gasteiger partial charge >= 0.3 is 0 Å². The molecule has 0 saturated heterocycles. The number of hydrogen-bond acceptors (Lipinski definition) is 5. The number of aryl methyl sites for hydroxylation is 1. The summed E-state index contributed by atoms with van der Waals surface area (Å²) in [5, 5.41) is 12.9. The van der Waals surface area contributed by atoms with Gasteiger partial charge in [-0.2, -0.15) is 0 Å². The average molecular weight is 325 g/mol. The van der Waals surface area contributed by atoms with E-state index in [1.165, 1.54) is 11.3 Å². The first-order chi connectivity index (χ1) is 10.1. The smallest absolute Gasteiger partial charge is 0.245 e. The number of rotatable bonds is 6. The molecular formula is C14H17ClN4OS. The fourth-order valence-corrected chi connectivity index (χ4v) is 2.76.